The van der Waals surface area contributed by atoms with E-state index < -0.39 is 0 Å². The van der Waals surface area contributed by atoms with Gasteiger partial charge in [-0.05, 0) is 36.6 Å². The normalized spacial score (nSPS) is 17.5. The number of rotatable bonds is 2. The van der Waals surface area contributed by atoms with Gasteiger partial charge in [-0.1, -0.05) is 34.8 Å². The van der Waals surface area contributed by atoms with Gasteiger partial charge >= 0.3 is 0 Å². The van der Waals surface area contributed by atoms with Crippen molar-refractivity contribution in [3.63, 3.8) is 0 Å². The zero-order valence-corrected chi connectivity index (χ0v) is 12.8. The molecule has 19 heavy (non-hydrogen) atoms. The molecule has 6 heteroatoms. The van der Waals surface area contributed by atoms with E-state index in [0.29, 0.717) is 0 Å². The molecule has 2 N–H and O–H groups in total. The molecule has 0 saturated heterocycles. The van der Waals surface area contributed by atoms with Gasteiger partial charge in [-0.15, -0.1) is 11.3 Å². The molecule has 1 aromatic heterocycles. The molecule has 100 valence electrons. The van der Waals surface area contributed by atoms with Crippen molar-refractivity contribution >= 4 is 51.8 Å². The molecule has 0 saturated carbocycles. The molecule has 1 aromatic carbocycles. The van der Waals surface area contributed by atoms with Gasteiger partial charge in [-0.3, -0.25) is 0 Å². The minimum atomic E-state index is -0.0837. The molecular formula is C13H10Cl3NOS. The molecule has 0 amide bonds. The molecule has 1 atom stereocenters. The van der Waals surface area contributed by atoms with Crippen molar-refractivity contribution in [1.82, 2.24) is 0 Å². The number of thiophene rings is 1. The first-order chi connectivity index (χ1) is 9.04. The van der Waals surface area contributed by atoms with Crippen LogP contribution in [0.25, 0.3) is 0 Å². The molecule has 0 aliphatic heterocycles. The Morgan fingerprint density at radius 1 is 1.16 bits per heavy atom. The fourth-order valence-corrected chi connectivity index (χ4v) is 4.17. The maximum Gasteiger partial charge on any atom is 0.152 e. The van der Waals surface area contributed by atoms with Gasteiger partial charge in [0.05, 0.1) is 20.4 Å². The summed E-state index contributed by atoms with van der Waals surface area (Å²) in [6.07, 6.45) is 2.05. The number of hydrogen-bond acceptors (Lipinski definition) is 3. The monoisotopic (exact) mass is 333 g/mol. The zero-order valence-electron chi connectivity index (χ0n) is 9.71. The Balaban J connectivity index is 1.87. The van der Waals surface area contributed by atoms with Crippen molar-refractivity contribution in [1.29, 1.82) is 0 Å². The first kappa shape index (κ1) is 13.4. The van der Waals surface area contributed by atoms with Crippen molar-refractivity contribution < 1.29 is 5.11 Å². The van der Waals surface area contributed by atoms with Gasteiger partial charge in [-0.2, -0.15) is 0 Å². The molecular weight excluding hydrogens is 325 g/mol. The highest BCUT2D eigenvalue weighted by Gasteiger charge is 2.25. The summed E-state index contributed by atoms with van der Waals surface area (Å²) in [6, 6.07) is 5.58. The second-order valence-electron chi connectivity index (χ2n) is 4.45. The number of phenols is 1. The van der Waals surface area contributed by atoms with Gasteiger partial charge < -0.3 is 10.4 Å². The van der Waals surface area contributed by atoms with Crippen LogP contribution < -0.4 is 5.32 Å². The summed E-state index contributed by atoms with van der Waals surface area (Å²) in [5.74, 6) is -0.0837. The molecule has 0 fully saturated rings. The Kier molecular flexibility index (Phi) is 3.56. The number of hydrogen-bond donors (Lipinski definition) is 2. The Bertz CT molecular complexity index is 618. The average molecular weight is 335 g/mol. The molecule has 1 aliphatic rings. The van der Waals surface area contributed by atoms with Gasteiger partial charge in [0.15, 0.2) is 5.75 Å². The summed E-state index contributed by atoms with van der Waals surface area (Å²) in [4.78, 5) is 1.33. The molecule has 1 aliphatic carbocycles. The Hall–Kier alpha value is -0.610. The van der Waals surface area contributed by atoms with Crippen LogP contribution >= 0.6 is 46.1 Å². The van der Waals surface area contributed by atoms with Crippen LogP contribution in [0.1, 0.15) is 22.9 Å². The largest absolute Gasteiger partial charge is 0.505 e. The summed E-state index contributed by atoms with van der Waals surface area (Å²) < 4.78 is 0.818. The maximum absolute atomic E-state index is 9.55. The lowest BCUT2D eigenvalue weighted by molar-refractivity contribution is 0.476. The summed E-state index contributed by atoms with van der Waals surface area (Å²) in [5.41, 5.74) is 2.04. The van der Waals surface area contributed by atoms with E-state index in [1.807, 2.05) is 6.07 Å². The fraction of sp³-hybridized carbons (Fsp3) is 0.231. The zero-order chi connectivity index (χ0) is 13.6. The van der Waals surface area contributed by atoms with Crippen molar-refractivity contribution in [2.75, 3.05) is 5.32 Å². The smallest absolute Gasteiger partial charge is 0.152 e. The summed E-state index contributed by atoms with van der Waals surface area (Å²) in [5, 5.41) is 13.4. The minimum Gasteiger partial charge on any atom is -0.505 e. The number of phenolic OH excluding ortho intramolecular Hbond substituents is 1. The van der Waals surface area contributed by atoms with Gasteiger partial charge in [0, 0.05) is 10.6 Å². The third-order valence-corrected chi connectivity index (χ3v) is 5.12. The molecule has 1 unspecified atom stereocenters. The van der Waals surface area contributed by atoms with Crippen LogP contribution in [0.4, 0.5) is 5.69 Å². The lowest BCUT2D eigenvalue weighted by atomic mass is 10.1. The lowest BCUT2D eigenvalue weighted by Crippen LogP contribution is -2.06. The molecule has 2 aromatic rings. The third kappa shape index (κ3) is 2.52. The Morgan fingerprint density at radius 3 is 2.53 bits per heavy atom. The van der Waals surface area contributed by atoms with E-state index in [1.165, 1.54) is 10.4 Å². The lowest BCUT2D eigenvalue weighted by Gasteiger charge is -2.15. The Labute approximate surface area is 129 Å². The molecule has 2 nitrogen and oxygen atoms in total. The van der Waals surface area contributed by atoms with Crippen LogP contribution in [0.5, 0.6) is 5.75 Å². The first-order valence-corrected chi connectivity index (χ1v) is 7.72. The highest BCUT2D eigenvalue weighted by atomic mass is 35.5. The fourth-order valence-electron chi connectivity index (χ4n) is 2.33. The topological polar surface area (TPSA) is 32.3 Å². The summed E-state index contributed by atoms with van der Waals surface area (Å²) in [7, 11) is 0. The second-order valence-corrected chi connectivity index (χ2v) is 7.04. The number of benzene rings is 1. The predicted molar refractivity (Wildman–Crippen MR) is 82.1 cm³/mol. The molecule has 0 radical (unpaired) electrons. The predicted octanol–water partition coefficient (Wildman–Crippen LogP) is 5.51. The molecule has 1 heterocycles. The number of anilines is 1. The Morgan fingerprint density at radius 2 is 1.84 bits per heavy atom. The molecule has 0 spiro atoms. The van der Waals surface area contributed by atoms with Crippen LogP contribution in [-0.4, -0.2) is 5.11 Å². The van der Waals surface area contributed by atoms with Gasteiger partial charge in [-0.25, -0.2) is 0 Å². The molecule has 0 bridgehead atoms. The van der Waals surface area contributed by atoms with E-state index >= 15 is 0 Å². The maximum atomic E-state index is 9.55. The highest BCUT2D eigenvalue weighted by Crippen LogP contribution is 2.42. The standard InChI is InChI=1S/C13H10Cl3NOS/c14-8-3-6(4-9(15)13(8)18)17-10-1-2-11-7(10)5-12(16)19-11/h3-5,10,17-18H,1-2H2. The van der Waals surface area contributed by atoms with E-state index in [-0.39, 0.29) is 21.8 Å². The van der Waals surface area contributed by atoms with Crippen LogP contribution in [-0.2, 0) is 6.42 Å². The highest BCUT2D eigenvalue weighted by molar-refractivity contribution is 7.16. The first-order valence-electron chi connectivity index (χ1n) is 5.77. The number of nitrogens with one attached hydrogen (secondary N) is 1. The number of halogens is 3. The van der Waals surface area contributed by atoms with Crippen LogP contribution in [0.15, 0.2) is 18.2 Å². The second kappa shape index (κ2) is 5.06. The van der Waals surface area contributed by atoms with Crippen molar-refractivity contribution in [3.8, 4) is 5.75 Å². The molecule has 3 rings (SSSR count). The summed E-state index contributed by atoms with van der Waals surface area (Å²) >= 11 is 19.5. The van der Waals surface area contributed by atoms with Crippen molar-refractivity contribution in [2.24, 2.45) is 0 Å². The quantitative estimate of drug-likeness (QED) is 0.709. The van der Waals surface area contributed by atoms with Crippen molar-refractivity contribution in [3.05, 3.63) is 43.0 Å². The van der Waals surface area contributed by atoms with Gasteiger partial charge in [0.2, 0.25) is 0 Å². The number of aryl methyl sites for hydroxylation is 1. The number of aromatic hydroxyl groups is 1. The average Bonchev–Trinajstić information content (AvgIpc) is 2.87. The number of fused-ring (bicyclic) bond motifs is 1. The van der Waals surface area contributed by atoms with Gasteiger partial charge in [0.1, 0.15) is 0 Å². The van der Waals surface area contributed by atoms with E-state index in [0.717, 1.165) is 22.9 Å². The van der Waals surface area contributed by atoms with Crippen molar-refractivity contribution in [2.45, 2.75) is 18.9 Å². The van der Waals surface area contributed by atoms with E-state index in [4.69, 9.17) is 34.8 Å². The third-order valence-electron chi connectivity index (χ3n) is 3.20. The minimum absolute atomic E-state index is 0.0837. The van der Waals surface area contributed by atoms with Crippen LogP contribution in [0, 0.1) is 0 Å². The van der Waals surface area contributed by atoms with Crippen LogP contribution in [0.2, 0.25) is 14.4 Å². The summed E-state index contributed by atoms with van der Waals surface area (Å²) in [6.45, 7) is 0. The van der Waals surface area contributed by atoms with E-state index in [2.05, 4.69) is 5.32 Å². The van der Waals surface area contributed by atoms with Gasteiger partial charge in [0.25, 0.3) is 0 Å². The SMILES string of the molecule is Oc1c(Cl)cc(NC2CCc3sc(Cl)cc32)cc1Cl. The van der Waals surface area contributed by atoms with Crippen LogP contribution in [0.3, 0.4) is 0 Å². The van der Waals surface area contributed by atoms with E-state index in [9.17, 15) is 5.11 Å². The van der Waals surface area contributed by atoms with E-state index in [1.54, 1.807) is 23.5 Å².